The molecule has 21 heavy (non-hydrogen) atoms. The molecule has 1 atom stereocenters. The minimum absolute atomic E-state index is 0.192. The molecule has 0 radical (unpaired) electrons. The average Bonchev–Trinajstić information content (AvgIpc) is 3.09. The smallest absolute Gasteiger partial charge is 0.227 e. The van der Waals surface area contributed by atoms with Crippen molar-refractivity contribution in [1.29, 1.82) is 0 Å². The highest BCUT2D eigenvalue weighted by molar-refractivity contribution is 5.79. The zero-order chi connectivity index (χ0) is 14.7. The Hall–Kier alpha value is -1.75. The van der Waals surface area contributed by atoms with E-state index in [0.29, 0.717) is 5.91 Å². The van der Waals surface area contributed by atoms with Crippen LogP contribution in [0.5, 0.6) is 5.75 Å². The summed E-state index contributed by atoms with van der Waals surface area (Å²) in [6.45, 7) is 5.26. The number of piperazine rings is 1. The average molecular weight is 289 g/mol. The molecule has 114 valence electrons. The standard InChI is InChI=1S/C16H23N3O2/c1-21-15-4-2-14(3-5-15)18-8-10-19(11-9-18)16(20)13-6-7-17-12-13/h2-5,13,17H,6-12H2,1H3. The minimum atomic E-state index is 0.192. The van der Waals surface area contributed by atoms with Crippen molar-refractivity contribution in [2.45, 2.75) is 6.42 Å². The summed E-state index contributed by atoms with van der Waals surface area (Å²) in [4.78, 5) is 16.7. The maximum Gasteiger partial charge on any atom is 0.227 e. The molecule has 0 aromatic heterocycles. The molecule has 1 N–H and O–H groups in total. The first-order valence-corrected chi connectivity index (χ1v) is 7.66. The van der Waals surface area contributed by atoms with Crippen LogP contribution in [0.25, 0.3) is 0 Å². The highest BCUT2D eigenvalue weighted by Crippen LogP contribution is 2.21. The summed E-state index contributed by atoms with van der Waals surface area (Å²) >= 11 is 0. The summed E-state index contributed by atoms with van der Waals surface area (Å²) in [7, 11) is 1.68. The summed E-state index contributed by atoms with van der Waals surface area (Å²) in [5.74, 6) is 1.40. The van der Waals surface area contributed by atoms with Gasteiger partial charge in [0.25, 0.3) is 0 Å². The Balaban J connectivity index is 1.55. The number of ether oxygens (including phenoxy) is 1. The van der Waals surface area contributed by atoms with Crippen LogP contribution in [-0.4, -0.2) is 57.2 Å². The van der Waals surface area contributed by atoms with Gasteiger partial charge in [-0.2, -0.15) is 0 Å². The number of benzene rings is 1. The Morgan fingerprint density at radius 3 is 2.48 bits per heavy atom. The summed E-state index contributed by atoms with van der Waals surface area (Å²) < 4.78 is 5.18. The number of carbonyl (C=O) groups is 1. The molecular formula is C16H23N3O2. The third kappa shape index (κ3) is 3.13. The number of carbonyl (C=O) groups excluding carboxylic acids is 1. The topological polar surface area (TPSA) is 44.8 Å². The summed E-state index contributed by atoms with van der Waals surface area (Å²) in [5, 5.41) is 3.27. The molecule has 5 heteroatoms. The first kappa shape index (κ1) is 14.2. The van der Waals surface area contributed by atoms with E-state index in [1.54, 1.807) is 7.11 Å². The molecule has 2 fully saturated rings. The lowest BCUT2D eigenvalue weighted by atomic mass is 10.1. The van der Waals surface area contributed by atoms with Gasteiger partial charge in [0.1, 0.15) is 5.75 Å². The first-order chi connectivity index (χ1) is 10.3. The van der Waals surface area contributed by atoms with E-state index in [9.17, 15) is 4.79 Å². The lowest BCUT2D eigenvalue weighted by Crippen LogP contribution is -2.50. The van der Waals surface area contributed by atoms with Gasteiger partial charge in [0, 0.05) is 38.4 Å². The first-order valence-electron chi connectivity index (χ1n) is 7.66. The molecular weight excluding hydrogens is 266 g/mol. The summed E-state index contributed by atoms with van der Waals surface area (Å²) in [5.41, 5.74) is 1.20. The predicted molar refractivity (Wildman–Crippen MR) is 82.8 cm³/mol. The number of hydrogen-bond donors (Lipinski definition) is 1. The second-order valence-corrected chi connectivity index (χ2v) is 5.70. The molecule has 1 unspecified atom stereocenters. The van der Waals surface area contributed by atoms with Gasteiger partial charge in [-0.05, 0) is 37.2 Å². The number of anilines is 1. The summed E-state index contributed by atoms with van der Waals surface area (Å²) in [6, 6.07) is 8.13. The third-order valence-electron chi connectivity index (χ3n) is 4.44. The van der Waals surface area contributed by atoms with E-state index in [4.69, 9.17) is 4.74 Å². The molecule has 2 aliphatic rings. The Morgan fingerprint density at radius 1 is 1.19 bits per heavy atom. The van der Waals surface area contributed by atoms with Gasteiger partial charge in [0.2, 0.25) is 5.91 Å². The zero-order valence-corrected chi connectivity index (χ0v) is 12.5. The van der Waals surface area contributed by atoms with Gasteiger partial charge in [-0.25, -0.2) is 0 Å². The van der Waals surface area contributed by atoms with E-state index in [1.165, 1.54) is 5.69 Å². The largest absolute Gasteiger partial charge is 0.497 e. The summed E-state index contributed by atoms with van der Waals surface area (Å²) in [6.07, 6.45) is 0.984. The molecule has 1 aromatic rings. The highest BCUT2D eigenvalue weighted by Gasteiger charge is 2.29. The van der Waals surface area contributed by atoms with E-state index in [0.717, 1.165) is 51.4 Å². The Bertz CT molecular complexity index is 475. The van der Waals surface area contributed by atoms with Crippen molar-refractivity contribution in [2.24, 2.45) is 5.92 Å². The Labute approximate surface area is 125 Å². The number of amides is 1. The quantitative estimate of drug-likeness (QED) is 0.900. The fourth-order valence-electron chi connectivity index (χ4n) is 3.10. The van der Waals surface area contributed by atoms with Crippen LogP contribution >= 0.6 is 0 Å². The fourth-order valence-corrected chi connectivity index (χ4v) is 3.10. The molecule has 0 saturated carbocycles. The van der Waals surface area contributed by atoms with Crippen LogP contribution in [0.1, 0.15) is 6.42 Å². The fraction of sp³-hybridized carbons (Fsp3) is 0.562. The molecule has 2 heterocycles. The molecule has 1 aromatic carbocycles. The van der Waals surface area contributed by atoms with Gasteiger partial charge in [-0.3, -0.25) is 4.79 Å². The number of hydrogen-bond acceptors (Lipinski definition) is 4. The minimum Gasteiger partial charge on any atom is -0.497 e. The third-order valence-corrected chi connectivity index (χ3v) is 4.44. The van der Waals surface area contributed by atoms with Gasteiger partial charge >= 0.3 is 0 Å². The van der Waals surface area contributed by atoms with E-state index < -0.39 is 0 Å². The molecule has 2 saturated heterocycles. The van der Waals surface area contributed by atoms with E-state index in [2.05, 4.69) is 22.3 Å². The molecule has 0 bridgehead atoms. The second-order valence-electron chi connectivity index (χ2n) is 5.70. The maximum absolute atomic E-state index is 12.4. The highest BCUT2D eigenvalue weighted by atomic mass is 16.5. The second kappa shape index (κ2) is 6.35. The van der Waals surface area contributed by atoms with Crippen LogP contribution in [0.3, 0.4) is 0 Å². The molecule has 0 spiro atoms. The Morgan fingerprint density at radius 2 is 1.90 bits per heavy atom. The van der Waals surface area contributed by atoms with Gasteiger partial charge in [-0.1, -0.05) is 0 Å². The van der Waals surface area contributed by atoms with Crippen LogP contribution in [-0.2, 0) is 4.79 Å². The van der Waals surface area contributed by atoms with E-state index in [1.807, 2.05) is 17.0 Å². The van der Waals surface area contributed by atoms with Crippen molar-refractivity contribution in [2.75, 3.05) is 51.3 Å². The van der Waals surface area contributed by atoms with Crippen molar-refractivity contribution in [3.05, 3.63) is 24.3 Å². The molecule has 3 rings (SSSR count). The molecule has 2 aliphatic heterocycles. The maximum atomic E-state index is 12.4. The number of nitrogens with zero attached hydrogens (tertiary/aromatic N) is 2. The lowest BCUT2D eigenvalue weighted by molar-refractivity contribution is -0.135. The molecule has 0 aliphatic carbocycles. The van der Waals surface area contributed by atoms with Crippen LogP contribution in [0.15, 0.2) is 24.3 Å². The SMILES string of the molecule is COc1ccc(N2CCN(C(=O)C3CCNC3)CC2)cc1. The van der Waals surface area contributed by atoms with Crippen LogP contribution < -0.4 is 15.0 Å². The predicted octanol–water partition coefficient (Wildman–Crippen LogP) is 0.953. The van der Waals surface area contributed by atoms with E-state index >= 15 is 0 Å². The monoisotopic (exact) mass is 289 g/mol. The van der Waals surface area contributed by atoms with Gasteiger partial charge in [0.15, 0.2) is 0 Å². The van der Waals surface area contributed by atoms with Crippen molar-refractivity contribution in [1.82, 2.24) is 10.2 Å². The van der Waals surface area contributed by atoms with Crippen LogP contribution in [0, 0.1) is 5.92 Å². The van der Waals surface area contributed by atoms with Crippen molar-refractivity contribution < 1.29 is 9.53 Å². The molecule has 5 nitrogen and oxygen atoms in total. The normalized spacial score (nSPS) is 22.4. The van der Waals surface area contributed by atoms with Crippen molar-refractivity contribution in [3.63, 3.8) is 0 Å². The van der Waals surface area contributed by atoms with E-state index in [-0.39, 0.29) is 5.92 Å². The van der Waals surface area contributed by atoms with Crippen molar-refractivity contribution >= 4 is 11.6 Å². The number of rotatable bonds is 3. The number of nitrogens with one attached hydrogen (secondary N) is 1. The van der Waals surface area contributed by atoms with Crippen LogP contribution in [0.2, 0.25) is 0 Å². The van der Waals surface area contributed by atoms with Gasteiger partial charge in [0.05, 0.1) is 13.0 Å². The zero-order valence-electron chi connectivity index (χ0n) is 12.5. The number of methoxy groups -OCH3 is 1. The Kier molecular flexibility index (Phi) is 4.29. The van der Waals surface area contributed by atoms with Gasteiger partial charge < -0.3 is 19.9 Å². The molecule has 1 amide bonds. The lowest BCUT2D eigenvalue weighted by Gasteiger charge is -2.37. The van der Waals surface area contributed by atoms with Crippen LogP contribution in [0.4, 0.5) is 5.69 Å². The van der Waals surface area contributed by atoms with Crippen molar-refractivity contribution in [3.8, 4) is 5.75 Å². The van der Waals surface area contributed by atoms with Gasteiger partial charge in [-0.15, -0.1) is 0 Å².